The van der Waals surface area contributed by atoms with Gasteiger partial charge in [0, 0.05) is 11.3 Å². The van der Waals surface area contributed by atoms with Crippen LogP contribution in [0.4, 0.5) is 11.5 Å². The number of carbonyl (C=O) groups is 2. The maximum atomic E-state index is 12.8. The van der Waals surface area contributed by atoms with Crippen LogP contribution in [-0.4, -0.2) is 33.4 Å². The van der Waals surface area contributed by atoms with Crippen LogP contribution in [0.2, 0.25) is 0 Å². The number of rotatable bonds is 6. The van der Waals surface area contributed by atoms with Crippen molar-refractivity contribution in [2.45, 2.75) is 13.0 Å². The second kappa shape index (κ2) is 8.12. The number of aliphatic carboxylic acids is 1. The van der Waals surface area contributed by atoms with Crippen LogP contribution in [0, 0.1) is 0 Å². The van der Waals surface area contributed by atoms with E-state index in [0.29, 0.717) is 23.9 Å². The lowest BCUT2D eigenvalue weighted by molar-refractivity contribution is -0.132. The van der Waals surface area contributed by atoms with E-state index in [1.807, 2.05) is 49.4 Å². The Morgan fingerprint density at radius 2 is 1.90 bits per heavy atom. The lowest BCUT2D eigenvalue weighted by Crippen LogP contribution is -2.26. The van der Waals surface area contributed by atoms with Crippen molar-refractivity contribution in [1.29, 1.82) is 0 Å². The Balaban J connectivity index is 1.75. The van der Waals surface area contributed by atoms with Crippen molar-refractivity contribution in [2.24, 2.45) is 0 Å². The minimum Gasteiger partial charge on any atom is -0.494 e. The van der Waals surface area contributed by atoms with Gasteiger partial charge in [0.2, 0.25) is 0 Å². The number of allylic oxidation sites excluding steroid dienone is 1. The van der Waals surface area contributed by atoms with Crippen LogP contribution in [0.3, 0.4) is 0 Å². The maximum absolute atomic E-state index is 12.8. The smallest absolute Gasteiger partial charge is 0.352 e. The van der Waals surface area contributed by atoms with Crippen molar-refractivity contribution in [3.63, 3.8) is 0 Å². The number of nitrogens with one attached hydrogen (secondary N) is 2. The van der Waals surface area contributed by atoms with Gasteiger partial charge in [0.15, 0.2) is 0 Å². The summed E-state index contributed by atoms with van der Waals surface area (Å²) in [5, 5.41) is 19.6. The molecule has 8 nitrogen and oxygen atoms in total. The monoisotopic (exact) mass is 404 g/mol. The Labute approximate surface area is 172 Å². The first-order valence-electron chi connectivity index (χ1n) is 9.46. The fourth-order valence-electron chi connectivity index (χ4n) is 3.34. The van der Waals surface area contributed by atoms with Gasteiger partial charge in [-0.3, -0.25) is 4.79 Å². The predicted octanol–water partition coefficient (Wildman–Crippen LogP) is 3.52. The summed E-state index contributed by atoms with van der Waals surface area (Å²) in [4.78, 5) is 24.6. The van der Waals surface area contributed by atoms with Gasteiger partial charge in [0.1, 0.15) is 28.9 Å². The Hall–Kier alpha value is -4.07. The number of aromatic nitrogens is 2. The van der Waals surface area contributed by atoms with Crippen LogP contribution in [0.15, 0.2) is 72.6 Å². The number of para-hydroxylation sites is 2. The van der Waals surface area contributed by atoms with Crippen LogP contribution in [0.5, 0.6) is 5.75 Å². The van der Waals surface area contributed by atoms with E-state index >= 15 is 0 Å². The SMILES string of the molecule is CCOc1ccccc1[C@@H]1C=C(C(=O)O)Nc2c(C(=O)Nc3ccccc3)cnn21. The average Bonchev–Trinajstić information content (AvgIpc) is 3.19. The van der Waals surface area contributed by atoms with Gasteiger partial charge < -0.3 is 20.5 Å². The molecule has 30 heavy (non-hydrogen) atoms. The Kier molecular flexibility index (Phi) is 5.21. The van der Waals surface area contributed by atoms with Crippen molar-refractivity contribution >= 4 is 23.4 Å². The third kappa shape index (κ3) is 3.62. The molecule has 2 heterocycles. The first-order chi connectivity index (χ1) is 14.6. The number of hydrogen-bond donors (Lipinski definition) is 3. The molecule has 8 heteroatoms. The number of carbonyl (C=O) groups excluding carboxylic acids is 1. The van der Waals surface area contributed by atoms with Gasteiger partial charge in [-0.15, -0.1) is 0 Å². The molecule has 0 radical (unpaired) electrons. The molecular weight excluding hydrogens is 384 g/mol. The van der Waals surface area contributed by atoms with Gasteiger partial charge in [-0.1, -0.05) is 36.4 Å². The number of carboxylic acid groups (broad SMARTS) is 1. The second-order valence-electron chi connectivity index (χ2n) is 6.60. The molecule has 1 aliphatic heterocycles. The summed E-state index contributed by atoms with van der Waals surface area (Å²) in [5.41, 5.74) is 1.59. The molecule has 0 fully saturated rings. The molecule has 2 aromatic carbocycles. The van der Waals surface area contributed by atoms with Crippen molar-refractivity contribution in [3.05, 3.63) is 83.7 Å². The first kappa shape index (κ1) is 19.3. The molecular formula is C22H20N4O4. The summed E-state index contributed by atoms with van der Waals surface area (Å²) in [6.07, 6.45) is 2.98. The van der Waals surface area contributed by atoms with Gasteiger partial charge in [-0.2, -0.15) is 5.10 Å². The highest BCUT2D eigenvalue weighted by molar-refractivity contribution is 6.08. The summed E-state index contributed by atoms with van der Waals surface area (Å²) in [6, 6.07) is 15.8. The van der Waals surface area contributed by atoms with Crippen molar-refractivity contribution in [2.75, 3.05) is 17.2 Å². The number of nitrogens with zero attached hydrogens (tertiary/aromatic N) is 2. The number of carboxylic acids is 1. The van der Waals surface area contributed by atoms with E-state index in [2.05, 4.69) is 15.7 Å². The Morgan fingerprint density at radius 3 is 2.63 bits per heavy atom. The zero-order valence-corrected chi connectivity index (χ0v) is 16.2. The molecule has 0 spiro atoms. The highest BCUT2D eigenvalue weighted by Crippen LogP contribution is 2.36. The highest BCUT2D eigenvalue weighted by Gasteiger charge is 2.30. The van der Waals surface area contributed by atoms with E-state index < -0.39 is 17.9 Å². The zero-order valence-electron chi connectivity index (χ0n) is 16.2. The molecule has 4 rings (SSSR count). The normalized spacial score (nSPS) is 14.8. The summed E-state index contributed by atoms with van der Waals surface area (Å²) < 4.78 is 7.30. The largest absolute Gasteiger partial charge is 0.494 e. The fourth-order valence-corrected chi connectivity index (χ4v) is 3.34. The third-order valence-corrected chi connectivity index (χ3v) is 4.68. The van der Waals surface area contributed by atoms with Crippen molar-refractivity contribution < 1.29 is 19.4 Å². The minimum absolute atomic E-state index is 0.0342. The summed E-state index contributed by atoms with van der Waals surface area (Å²) >= 11 is 0. The van der Waals surface area contributed by atoms with Gasteiger partial charge in [0.05, 0.1) is 12.8 Å². The van der Waals surface area contributed by atoms with E-state index in [9.17, 15) is 14.7 Å². The quantitative estimate of drug-likeness (QED) is 0.581. The van der Waals surface area contributed by atoms with Gasteiger partial charge in [-0.25, -0.2) is 9.48 Å². The van der Waals surface area contributed by atoms with Gasteiger partial charge in [0.25, 0.3) is 5.91 Å². The number of benzene rings is 2. The molecule has 1 aliphatic rings. The molecule has 1 aromatic heterocycles. The van der Waals surface area contributed by atoms with E-state index in [1.54, 1.807) is 22.9 Å². The van der Waals surface area contributed by atoms with Gasteiger partial charge in [-0.05, 0) is 31.2 Å². The molecule has 152 valence electrons. The Morgan fingerprint density at radius 1 is 1.17 bits per heavy atom. The number of anilines is 2. The number of ether oxygens (including phenoxy) is 1. The van der Waals surface area contributed by atoms with E-state index in [4.69, 9.17) is 4.74 Å². The van der Waals surface area contributed by atoms with Crippen LogP contribution in [-0.2, 0) is 4.79 Å². The molecule has 0 bridgehead atoms. The molecule has 0 aliphatic carbocycles. The van der Waals surface area contributed by atoms with E-state index in [-0.39, 0.29) is 11.3 Å². The average molecular weight is 404 g/mol. The van der Waals surface area contributed by atoms with E-state index in [0.717, 1.165) is 5.56 Å². The Bertz CT molecular complexity index is 1120. The summed E-state index contributed by atoms with van der Waals surface area (Å²) in [6.45, 7) is 2.34. The topological polar surface area (TPSA) is 105 Å². The minimum atomic E-state index is -1.13. The third-order valence-electron chi connectivity index (χ3n) is 4.68. The van der Waals surface area contributed by atoms with Gasteiger partial charge >= 0.3 is 5.97 Å². The fraction of sp³-hybridized carbons (Fsp3) is 0.136. The maximum Gasteiger partial charge on any atom is 0.352 e. The number of amides is 1. The molecule has 0 saturated carbocycles. The molecule has 3 aromatic rings. The van der Waals surface area contributed by atoms with Crippen LogP contribution >= 0.6 is 0 Å². The van der Waals surface area contributed by atoms with Crippen LogP contribution < -0.4 is 15.4 Å². The molecule has 0 unspecified atom stereocenters. The lowest BCUT2D eigenvalue weighted by atomic mass is 10.0. The zero-order chi connectivity index (χ0) is 21.1. The molecule has 1 amide bonds. The standard InChI is InChI=1S/C22H20N4O4/c1-2-30-19-11-7-6-10-15(19)18-12-17(22(28)29)25-20-16(13-23-26(18)20)21(27)24-14-8-4-3-5-9-14/h3-13,18,25H,2H2,1H3,(H,24,27)(H,28,29)/t18-/m0/s1. The summed E-state index contributed by atoms with van der Waals surface area (Å²) in [7, 11) is 0. The molecule has 3 N–H and O–H groups in total. The van der Waals surface area contributed by atoms with Crippen LogP contribution in [0.1, 0.15) is 28.9 Å². The highest BCUT2D eigenvalue weighted by atomic mass is 16.5. The summed E-state index contributed by atoms with van der Waals surface area (Å²) in [5.74, 6) is -0.585. The first-order valence-corrected chi connectivity index (χ1v) is 9.46. The predicted molar refractivity (Wildman–Crippen MR) is 112 cm³/mol. The molecule has 0 saturated heterocycles. The lowest BCUT2D eigenvalue weighted by Gasteiger charge is -2.25. The van der Waals surface area contributed by atoms with E-state index in [1.165, 1.54) is 6.20 Å². The number of hydrogen-bond acceptors (Lipinski definition) is 5. The second-order valence-corrected chi connectivity index (χ2v) is 6.60. The van der Waals surface area contributed by atoms with Crippen molar-refractivity contribution in [3.8, 4) is 5.75 Å². The molecule has 1 atom stereocenters. The van der Waals surface area contributed by atoms with Crippen LogP contribution in [0.25, 0.3) is 0 Å². The van der Waals surface area contributed by atoms with Crippen molar-refractivity contribution in [1.82, 2.24) is 9.78 Å². The number of fused-ring (bicyclic) bond motifs is 1.